The zero-order chi connectivity index (χ0) is 24.2. The summed E-state index contributed by atoms with van der Waals surface area (Å²) >= 11 is 0. The molecule has 3 heterocycles. The van der Waals surface area contributed by atoms with Crippen LogP contribution in [-0.4, -0.2) is 72.5 Å². The van der Waals surface area contributed by atoms with Crippen LogP contribution in [0.3, 0.4) is 0 Å². The number of benzene rings is 1. The predicted octanol–water partition coefficient (Wildman–Crippen LogP) is 3.56. The van der Waals surface area contributed by atoms with Gasteiger partial charge in [0.15, 0.2) is 5.65 Å². The number of hydrogen-bond acceptors (Lipinski definition) is 7. The van der Waals surface area contributed by atoms with E-state index in [1.54, 1.807) is 0 Å². The van der Waals surface area contributed by atoms with E-state index in [0.29, 0.717) is 18.3 Å². The highest BCUT2D eigenvalue weighted by atomic mass is 16.5. The minimum Gasteiger partial charge on any atom is -0.491 e. The van der Waals surface area contributed by atoms with E-state index < -0.39 is 6.10 Å². The molecule has 3 aromatic rings. The van der Waals surface area contributed by atoms with Gasteiger partial charge in [-0.3, -0.25) is 0 Å². The molecule has 0 radical (unpaired) electrons. The molecule has 184 valence electrons. The molecule has 1 atom stereocenters. The zero-order valence-electron chi connectivity index (χ0n) is 20.9. The van der Waals surface area contributed by atoms with Crippen molar-refractivity contribution in [2.45, 2.75) is 51.8 Å². The fourth-order valence-corrected chi connectivity index (χ4v) is 4.58. The molecule has 0 spiro atoms. The molecule has 2 aromatic heterocycles. The highest BCUT2D eigenvalue weighted by Crippen LogP contribution is 2.36. The van der Waals surface area contributed by atoms with Gasteiger partial charge in [-0.05, 0) is 58.9 Å². The van der Waals surface area contributed by atoms with E-state index in [-0.39, 0.29) is 12.6 Å². The average molecular weight is 468 g/mol. The predicted molar refractivity (Wildman–Crippen MR) is 136 cm³/mol. The standard InChI is InChI=1S/C26H37N5O3/c1-17(2)31-26-25(18(3)29-31)24(30(5)20-9-11-33-12-10-20)14-23(28-26)19-7-6-8-22(13-19)34-16-21(32)15-27-4/h6-8,13-14,17,20-21,27,32H,9-12,15-16H2,1-5H3. The molecule has 4 rings (SSSR count). The average Bonchev–Trinajstić information content (AvgIpc) is 3.19. The van der Waals surface area contributed by atoms with Crippen LogP contribution in [0.25, 0.3) is 22.3 Å². The summed E-state index contributed by atoms with van der Waals surface area (Å²) in [6, 6.07) is 10.7. The Labute approximate surface area is 201 Å². The Morgan fingerprint density at radius 3 is 2.74 bits per heavy atom. The lowest BCUT2D eigenvalue weighted by atomic mass is 10.0. The second-order valence-corrected chi connectivity index (χ2v) is 9.35. The molecule has 1 aliphatic heterocycles. The maximum atomic E-state index is 10.00. The van der Waals surface area contributed by atoms with Gasteiger partial charge in [0.25, 0.3) is 0 Å². The third kappa shape index (κ3) is 5.19. The summed E-state index contributed by atoms with van der Waals surface area (Å²) in [5.41, 5.74) is 4.89. The Hall–Kier alpha value is -2.68. The summed E-state index contributed by atoms with van der Waals surface area (Å²) in [7, 11) is 3.98. The number of rotatable bonds is 9. The molecular weight excluding hydrogens is 430 g/mol. The molecule has 34 heavy (non-hydrogen) atoms. The van der Waals surface area contributed by atoms with Gasteiger partial charge in [-0.25, -0.2) is 9.67 Å². The van der Waals surface area contributed by atoms with E-state index >= 15 is 0 Å². The van der Waals surface area contributed by atoms with Gasteiger partial charge in [0.1, 0.15) is 18.5 Å². The second-order valence-electron chi connectivity index (χ2n) is 9.35. The number of aliphatic hydroxyl groups is 1. The summed E-state index contributed by atoms with van der Waals surface area (Å²) < 4.78 is 13.5. The molecule has 0 aliphatic carbocycles. The first-order valence-corrected chi connectivity index (χ1v) is 12.1. The van der Waals surface area contributed by atoms with Crippen molar-refractivity contribution in [1.29, 1.82) is 0 Å². The quantitative estimate of drug-likeness (QED) is 0.498. The van der Waals surface area contributed by atoms with Crippen LogP contribution in [-0.2, 0) is 4.74 Å². The van der Waals surface area contributed by atoms with Crippen LogP contribution in [0.15, 0.2) is 30.3 Å². The normalized spacial score (nSPS) is 15.7. The van der Waals surface area contributed by atoms with Gasteiger partial charge in [-0.1, -0.05) is 12.1 Å². The molecule has 0 saturated carbocycles. The van der Waals surface area contributed by atoms with Crippen molar-refractivity contribution in [3.05, 3.63) is 36.0 Å². The first-order chi connectivity index (χ1) is 16.4. The molecule has 8 heteroatoms. The van der Waals surface area contributed by atoms with E-state index in [2.05, 4.69) is 44.1 Å². The number of aryl methyl sites for hydroxylation is 1. The molecule has 1 fully saturated rings. The molecule has 0 bridgehead atoms. The molecule has 2 N–H and O–H groups in total. The highest BCUT2D eigenvalue weighted by Gasteiger charge is 2.24. The van der Waals surface area contributed by atoms with Gasteiger partial charge < -0.3 is 24.8 Å². The molecule has 1 saturated heterocycles. The number of pyridine rings is 1. The number of anilines is 1. The van der Waals surface area contributed by atoms with E-state index in [4.69, 9.17) is 19.6 Å². The number of fused-ring (bicyclic) bond motifs is 1. The Morgan fingerprint density at radius 2 is 2.03 bits per heavy atom. The molecule has 0 amide bonds. The number of ether oxygens (including phenoxy) is 2. The lowest BCUT2D eigenvalue weighted by Gasteiger charge is -2.33. The minimum atomic E-state index is -0.564. The Morgan fingerprint density at radius 1 is 1.26 bits per heavy atom. The van der Waals surface area contributed by atoms with E-state index in [1.807, 2.05) is 36.0 Å². The lowest BCUT2D eigenvalue weighted by Crippen LogP contribution is -2.36. The van der Waals surface area contributed by atoms with Gasteiger partial charge in [0, 0.05) is 44.5 Å². The highest BCUT2D eigenvalue weighted by molar-refractivity contribution is 5.94. The van der Waals surface area contributed by atoms with Crippen molar-refractivity contribution < 1.29 is 14.6 Å². The first kappa shape index (κ1) is 24.4. The van der Waals surface area contributed by atoms with Crippen LogP contribution in [0.1, 0.15) is 38.4 Å². The van der Waals surface area contributed by atoms with Crippen LogP contribution < -0.4 is 15.0 Å². The summed E-state index contributed by atoms with van der Waals surface area (Å²) in [6.07, 6.45) is 1.45. The van der Waals surface area contributed by atoms with Crippen LogP contribution in [0, 0.1) is 6.92 Å². The topological polar surface area (TPSA) is 84.7 Å². The van der Waals surface area contributed by atoms with E-state index in [0.717, 1.165) is 59.7 Å². The van der Waals surface area contributed by atoms with Crippen LogP contribution in [0.2, 0.25) is 0 Å². The molecular formula is C26H37N5O3. The monoisotopic (exact) mass is 467 g/mol. The van der Waals surface area contributed by atoms with Gasteiger partial charge in [0.05, 0.1) is 22.5 Å². The van der Waals surface area contributed by atoms with Crippen molar-refractivity contribution in [2.75, 3.05) is 45.4 Å². The third-order valence-corrected chi connectivity index (χ3v) is 6.44. The van der Waals surface area contributed by atoms with Crippen molar-refractivity contribution in [3.8, 4) is 17.0 Å². The summed E-state index contributed by atoms with van der Waals surface area (Å²) in [5.74, 6) is 0.711. The van der Waals surface area contributed by atoms with Crippen molar-refractivity contribution in [3.63, 3.8) is 0 Å². The Balaban J connectivity index is 1.76. The van der Waals surface area contributed by atoms with Crippen LogP contribution >= 0.6 is 0 Å². The minimum absolute atomic E-state index is 0.198. The molecule has 1 unspecified atom stereocenters. The fraction of sp³-hybridized carbons (Fsp3) is 0.538. The maximum Gasteiger partial charge on any atom is 0.161 e. The van der Waals surface area contributed by atoms with E-state index in [9.17, 15) is 5.11 Å². The molecule has 8 nitrogen and oxygen atoms in total. The third-order valence-electron chi connectivity index (χ3n) is 6.44. The summed E-state index contributed by atoms with van der Waals surface area (Å²) in [6.45, 7) is 8.62. The van der Waals surface area contributed by atoms with Gasteiger partial charge in [0.2, 0.25) is 0 Å². The fourth-order valence-electron chi connectivity index (χ4n) is 4.58. The van der Waals surface area contributed by atoms with Crippen molar-refractivity contribution in [2.24, 2.45) is 0 Å². The number of nitrogens with zero attached hydrogens (tertiary/aromatic N) is 4. The SMILES string of the molecule is CNCC(O)COc1cccc(-c2cc(N(C)C3CCOCC3)c3c(C)nn(C(C)C)c3n2)c1. The van der Waals surface area contributed by atoms with Crippen LogP contribution in [0.5, 0.6) is 5.75 Å². The van der Waals surface area contributed by atoms with Crippen molar-refractivity contribution >= 4 is 16.7 Å². The smallest absolute Gasteiger partial charge is 0.161 e. The first-order valence-electron chi connectivity index (χ1n) is 12.1. The second kappa shape index (κ2) is 10.7. The number of likely N-dealkylation sites (N-methyl/N-ethyl adjacent to an activating group) is 1. The number of nitrogens with one attached hydrogen (secondary N) is 1. The zero-order valence-corrected chi connectivity index (χ0v) is 20.9. The van der Waals surface area contributed by atoms with Gasteiger partial charge in [-0.15, -0.1) is 0 Å². The maximum absolute atomic E-state index is 10.00. The summed E-state index contributed by atoms with van der Waals surface area (Å²) in [4.78, 5) is 7.45. The molecule has 1 aromatic carbocycles. The van der Waals surface area contributed by atoms with Crippen LogP contribution in [0.4, 0.5) is 5.69 Å². The van der Waals surface area contributed by atoms with E-state index in [1.165, 1.54) is 0 Å². The number of hydrogen-bond donors (Lipinski definition) is 2. The Kier molecular flexibility index (Phi) is 7.70. The molecule has 1 aliphatic rings. The van der Waals surface area contributed by atoms with Crippen molar-refractivity contribution in [1.82, 2.24) is 20.1 Å². The number of aromatic nitrogens is 3. The van der Waals surface area contributed by atoms with Gasteiger partial charge >= 0.3 is 0 Å². The Bertz CT molecular complexity index is 1110. The summed E-state index contributed by atoms with van der Waals surface area (Å²) in [5, 5.41) is 18.9. The number of aliphatic hydroxyl groups excluding tert-OH is 1. The largest absolute Gasteiger partial charge is 0.491 e. The van der Waals surface area contributed by atoms with Gasteiger partial charge in [-0.2, -0.15) is 5.10 Å². The lowest BCUT2D eigenvalue weighted by molar-refractivity contribution is 0.0855.